The van der Waals surface area contributed by atoms with Gasteiger partial charge >= 0.3 is 0 Å². The van der Waals surface area contributed by atoms with E-state index in [9.17, 15) is 0 Å². The van der Waals surface area contributed by atoms with Gasteiger partial charge in [-0.15, -0.1) is 0 Å². The molecule has 0 aliphatic carbocycles. The third-order valence-corrected chi connectivity index (χ3v) is 2.45. The van der Waals surface area contributed by atoms with Crippen molar-refractivity contribution in [2.45, 2.75) is 6.54 Å². The normalized spacial score (nSPS) is 11.1. The topological polar surface area (TPSA) is 0 Å². The summed E-state index contributed by atoms with van der Waals surface area (Å²) in [7, 11) is 4.42. The van der Waals surface area contributed by atoms with Gasteiger partial charge in [0.1, 0.15) is 6.54 Å². The van der Waals surface area contributed by atoms with Crippen LogP contribution in [0.3, 0.4) is 0 Å². The highest BCUT2D eigenvalue weighted by Gasteiger charge is 2.12. The van der Waals surface area contributed by atoms with Crippen LogP contribution in [-0.2, 0) is 6.54 Å². The Morgan fingerprint density at radius 3 is 2.20 bits per heavy atom. The summed E-state index contributed by atoms with van der Waals surface area (Å²) in [5.41, 5.74) is 2.53. The summed E-state index contributed by atoms with van der Waals surface area (Å²) in [6.45, 7) is 9.55. The van der Waals surface area contributed by atoms with Crippen molar-refractivity contribution in [1.29, 1.82) is 0 Å². The van der Waals surface area contributed by atoms with Gasteiger partial charge in [0.15, 0.2) is 0 Å². The Hall–Kier alpha value is -1.34. The molecule has 0 fully saturated rings. The second kappa shape index (κ2) is 4.94. The predicted molar refractivity (Wildman–Crippen MR) is 67.4 cm³/mol. The molecule has 0 bridgehead atoms. The van der Waals surface area contributed by atoms with Gasteiger partial charge in [-0.25, -0.2) is 0 Å². The Bertz CT molecular complexity index is 333. The number of quaternary nitrogens is 1. The molecular weight excluding hydrogens is 182 g/mol. The first kappa shape index (κ1) is 11.7. The molecular formula is C14H20N+. The quantitative estimate of drug-likeness (QED) is 0.508. The fourth-order valence-corrected chi connectivity index (χ4v) is 1.67. The summed E-state index contributed by atoms with van der Waals surface area (Å²) in [4.78, 5) is 0. The zero-order valence-corrected chi connectivity index (χ0v) is 9.74. The van der Waals surface area contributed by atoms with E-state index < -0.39 is 0 Å². The first-order valence-corrected chi connectivity index (χ1v) is 5.22. The number of nitrogens with zero attached hydrogens (tertiary/aromatic N) is 1. The van der Waals surface area contributed by atoms with Crippen molar-refractivity contribution < 1.29 is 4.48 Å². The first-order valence-electron chi connectivity index (χ1n) is 5.22. The highest BCUT2D eigenvalue weighted by Crippen LogP contribution is 2.11. The van der Waals surface area contributed by atoms with E-state index in [1.165, 1.54) is 11.1 Å². The molecule has 0 radical (unpaired) electrons. The number of benzene rings is 1. The molecule has 0 saturated carbocycles. The van der Waals surface area contributed by atoms with E-state index >= 15 is 0 Å². The molecule has 0 saturated heterocycles. The van der Waals surface area contributed by atoms with Crippen LogP contribution in [-0.4, -0.2) is 25.1 Å². The van der Waals surface area contributed by atoms with Crippen LogP contribution in [0.4, 0.5) is 0 Å². The highest BCUT2D eigenvalue weighted by molar-refractivity contribution is 5.47. The van der Waals surface area contributed by atoms with Crippen LogP contribution in [0.5, 0.6) is 0 Å². The smallest absolute Gasteiger partial charge is 0.104 e. The molecule has 0 atom stereocenters. The Morgan fingerprint density at radius 1 is 1.13 bits per heavy atom. The van der Waals surface area contributed by atoms with E-state index in [0.717, 1.165) is 17.6 Å². The molecule has 0 aliphatic rings. The lowest BCUT2D eigenvalue weighted by molar-refractivity contribution is -0.897. The van der Waals surface area contributed by atoms with Crippen LogP contribution >= 0.6 is 0 Å². The van der Waals surface area contributed by atoms with Crippen molar-refractivity contribution in [2.24, 2.45) is 0 Å². The average Bonchev–Trinajstić information content (AvgIpc) is 2.18. The van der Waals surface area contributed by atoms with Gasteiger partial charge in [0, 0.05) is 5.56 Å². The fourth-order valence-electron chi connectivity index (χ4n) is 1.67. The van der Waals surface area contributed by atoms with Crippen LogP contribution < -0.4 is 0 Å². The molecule has 0 heterocycles. The van der Waals surface area contributed by atoms with Crippen LogP contribution in [0.2, 0.25) is 0 Å². The molecule has 1 aromatic carbocycles. The maximum Gasteiger partial charge on any atom is 0.104 e. The third-order valence-electron chi connectivity index (χ3n) is 2.45. The zero-order chi connectivity index (χ0) is 11.3. The lowest BCUT2D eigenvalue weighted by atomic mass is 10.1. The molecule has 0 aliphatic heterocycles. The van der Waals surface area contributed by atoms with Gasteiger partial charge in [0.25, 0.3) is 0 Å². The SMILES string of the molecule is C=CC[N+](C)(C)Cc1ccc(C=C)cc1. The molecule has 0 amide bonds. The molecule has 1 heteroatoms. The van der Waals surface area contributed by atoms with Crippen molar-refractivity contribution in [3.63, 3.8) is 0 Å². The molecule has 80 valence electrons. The molecule has 0 spiro atoms. The highest BCUT2D eigenvalue weighted by atomic mass is 15.3. The van der Waals surface area contributed by atoms with E-state index in [2.05, 4.69) is 51.5 Å². The summed E-state index contributed by atoms with van der Waals surface area (Å²) >= 11 is 0. The summed E-state index contributed by atoms with van der Waals surface area (Å²) in [6, 6.07) is 8.55. The van der Waals surface area contributed by atoms with Crippen molar-refractivity contribution in [2.75, 3.05) is 20.6 Å². The average molecular weight is 202 g/mol. The number of hydrogen-bond acceptors (Lipinski definition) is 0. The van der Waals surface area contributed by atoms with Crippen LogP contribution in [0, 0.1) is 0 Å². The van der Waals surface area contributed by atoms with Gasteiger partial charge in [-0.2, -0.15) is 0 Å². The Kier molecular flexibility index (Phi) is 3.87. The minimum Gasteiger partial charge on any atom is -0.321 e. The first-order chi connectivity index (χ1) is 7.07. The monoisotopic (exact) mass is 202 g/mol. The Labute approximate surface area is 92.9 Å². The molecule has 1 nitrogen and oxygen atoms in total. The molecule has 1 aromatic rings. The second-order valence-corrected chi connectivity index (χ2v) is 4.51. The maximum atomic E-state index is 3.79. The third kappa shape index (κ3) is 3.72. The number of likely N-dealkylation sites (N-methyl/N-ethyl adjacent to an activating group) is 1. The van der Waals surface area contributed by atoms with E-state index in [1.54, 1.807) is 0 Å². The van der Waals surface area contributed by atoms with Gasteiger partial charge in [0.05, 0.1) is 20.6 Å². The summed E-state index contributed by atoms with van der Waals surface area (Å²) in [5, 5.41) is 0. The lowest BCUT2D eigenvalue weighted by Gasteiger charge is -2.28. The molecule has 0 N–H and O–H groups in total. The fraction of sp³-hybridized carbons (Fsp3) is 0.286. The predicted octanol–water partition coefficient (Wildman–Crippen LogP) is 3.09. The van der Waals surface area contributed by atoms with Crippen molar-refractivity contribution in [3.8, 4) is 0 Å². The van der Waals surface area contributed by atoms with Crippen molar-refractivity contribution in [1.82, 2.24) is 0 Å². The summed E-state index contributed by atoms with van der Waals surface area (Å²) in [5.74, 6) is 0. The van der Waals surface area contributed by atoms with E-state index in [1.807, 2.05) is 12.2 Å². The van der Waals surface area contributed by atoms with E-state index in [0.29, 0.717) is 0 Å². The largest absolute Gasteiger partial charge is 0.321 e. The van der Waals surface area contributed by atoms with Crippen molar-refractivity contribution in [3.05, 3.63) is 54.6 Å². The van der Waals surface area contributed by atoms with Gasteiger partial charge in [-0.05, 0) is 11.6 Å². The Balaban J connectivity index is 2.72. The van der Waals surface area contributed by atoms with Gasteiger partial charge in [0.2, 0.25) is 0 Å². The molecule has 0 aromatic heterocycles. The van der Waals surface area contributed by atoms with Crippen LogP contribution in [0.15, 0.2) is 43.5 Å². The zero-order valence-electron chi connectivity index (χ0n) is 9.74. The van der Waals surface area contributed by atoms with Crippen LogP contribution in [0.25, 0.3) is 6.08 Å². The number of rotatable bonds is 5. The minimum atomic E-state index is 0.941. The van der Waals surface area contributed by atoms with Gasteiger partial charge < -0.3 is 4.48 Å². The van der Waals surface area contributed by atoms with E-state index in [4.69, 9.17) is 0 Å². The molecule has 1 rings (SSSR count). The Morgan fingerprint density at radius 2 is 1.73 bits per heavy atom. The van der Waals surface area contributed by atoms with Gasteiger partial charge in [-0.1, -0.05) is 43.5 Å². The van der Waals surface area contributed by atoms with Crippen LogP contribution in [0.1, 0.15) is 11.1 Å². The lowest BCUT2D eigenvalue weighted by Crippen LogP contribution is -2.38. The minimum absolute atomic E-state index is 0.941. The summed E-state index contributed by atoms with van der Waals surface area (Å²) < 4.78 is 0.941. The number of hydrogen-bond donors (Lipinski definition) is 0. The summed E-state index contributed by atoms with van der Waals surface area (Å²) in [6.07, 6.45) is 3.84. The maximum absolute atomic E-state index is 3.79. The standard InChI is InChI=1S/C14H20N/c1-5-11-15(3,4)12-14-9-7-13(6-2)8-10-14/h5-10H,1-2,11-12H2,3-4H3/q+1. The van der Waals surface area contributed by atoms with E-state index in [-0.39, 0.29) is 0 Å². The molecule has 0 unspecified atom stereocenters. The second-order valence-electron chi connectivity index (χ2n) is 4.51. The van der Waals surface area contributed by atoms with Crippen molar-refractivity contribution >= 4 is 6.08 Å². The van der Waals surface area contributed by atoms with Gasteiger partial charge in [-0.3, -0.25) is 0 Å². The molecule has 15 heavy (non-hydrogen) atoms.